The van der Waals surface area contributed by atoms with Crippen molar-refractivity contribution < 1.29 is 4.79 Å². The van der Waals surface area contributed by atoms with Crippen LogP contribution in [0.1, 0.15) is 6.92 Å². The lowest BCUT2D eigenvalue weighted by Gasteiger charge is -2.13. The molecule has 3 rings (SSSR count). The summed E-state index contributed by atoms with van der Waals surface area (Å²) < 4.78 is 3.31. The van der Waals surface area contributed by atoms with E-state index in [1.54, 1.807) is 7.05 Å². The van der Waals surface area contributed by atoms with Gasteiger partial charge in [-0.1, -0.05) is 48.5 Å². The molecular formula is C18H17N3O2. The van der Waals surface area contributed by atoms with Crippen LogP contribution in [0, 0.1) is 0 Å². The van der Waals surface area contributed by atoms with Crippen molar-refractivity contribution in [3.63, 3.8) is 0 Å². The molecule has 0 aliphatic rings. The molecule has 3 aromatic rings. The van der Waals surface area contributed by atoms with Crippen molar-refractivity contribution in [3.05, 3.63) is 71.0 Å². The molecule has 23 heavy (non-hydrogen) atoms. The monoisotopic (exact) mass is 307 g/mol. The Hall–Kier alpha value is -3.08. The number of para-hydroxylation sites is 1. The molecule has 1 aromatic heterocycles. The second-order valence-corrected chi connectivity index (χ2v) is 5.25. The number of amides is 1. The molecule has 1 amide bonds. The largest absolute Gasteiger partial charge is 0.320 e. The SMILES string of the molecule is CC(=O)Nc1c(-c2ccccc2)n(-c2ccccc2)n(C)c1=O. The molecule has 0 radical (unpaired) electrons. The molecule has 5 heteroatoms. The van der Waals surface area contributed by atoms with Gasteiger partial charge in [0.05, 0.1) is 11.4 Å². The Kier molecular flexibility index (Phi) is 3.85. The van der Waals surface area contributed by atoms with Gasteiger partial charge in [0.15, 0.2) is 0 Å². The van der Waals surface area contributed by atoms with Crippen LogP contribution in [0.2, 0.25) is 0 Å². The van der Waals surface area contributed by atoms with Crippen molar-refractivity contribution in [2.45, 2.75) is 6.92 Å². The van der Waals surface area contributed by atoms with Gasteiger partial charge >= 0.3 is 0 Å². The molecule has 0 atom stereocenters. The third kappa shape index (κ3) is 2.68. The molecule has 0 saturated heterocycles. The van der Waals surface area contributed by atoms with E-state index in [-0.39, 0.29) is 17.2 Å². The van der Waals surface area contributed by atoms with Gasteiger partial charge in [0.2, 0.25) is 5.91 Å². The Morgan fingerprint density at radius 3 is 2.09 bits per heavy atom. The normalized spacial score (nSPS) is 10.5. The zero-order valence-corrected chi connectivity index (χ0v) is 13.0. The first-order chi connectivity index (χ1) is 11.1. The van der Waals surface area contributed by atoms with E-state index in [4.69, 9.17) is 0 Å². The molecule has 0 unspecified atom stereocenters. The summed E-state index contributed by atoms with van der Waals surface area (Å²) in [6.45, 7) is 1.40. The Bertz CT molecular complexity index is 893. The number of hydrogen-bond acceptors (Lipinski definition) is 2. The van der Waals surface area contributed by atoms with Gasteiger partial charge in [-0.15, -0.1) is 0 Å². The molecule has 1 N–H and O–H groups in total. The average Bonchev–Trinajstić information content (AvgIpc) is 2.81. The van der Waals surface area contributed by atoms with Gasteiger partial charge in [-0.3, -0.25) is 9.59 Å². The second-order valence-electron chi connectivity index (χ2n) is 5.25. The van der Waals surface area contributed by atoms with Gasteiger partial charge in [0.1, 0.15) is 5.69 Å². The molecule has 2 aromatic carbocycles. The second kappa shape index (κ2) is 5.96. The van der Waals surface area contributed by atoms with Gasteiger partial charge in [-0.05, 0) is 12.1 Å². The minimum Gasteiger partial charge on any atom is -0.320 e. The predicted molar refractivity (Wildman–Crippen MR) is 90.7 cm³/mol. The molecule has 0 saturated carbocycles. The fourth-order valence-corrected chi connectivity index (χ4v) is 2.63. The van der Waals surface area contributed by atoms with Crippen molar-refractivity contribution in [1.29, 1.82) is 0 Å². The van der Waals surface area contributed by atoms with E-state index in [2.05, 4.69) is 5.32 Å². The number of anilines is 1. The van der Waals surface area contributed by atoms with E-state index in [0.717, 1.165) is 11.3 Å². The average molecular weight is 307 g/mol. The highest BCUT2D eigenvalue weighted by atomic mass is 16.2. The summed E-state index contributed by atoms with van der Waals surface area (Å²) >= 11 is 0. The molecule has 0 fully saturated rings. The summed E-state index contributed by atoms with van der Waals surface area (Å²) in [7, 11) is 1.69. The van der Waals surface area contributed by atoms with E-state index in [1.165, 1.54) is 11.6 Å². The summed E-state index contributed by atoms with van der Waals surface area (Å²) in [6, 6.07) is 19.1. The number of nitrogens with zero attached hydrogens (tertiary/aromatic N) is 2. The number of carbonyl (C=O) groups excluding carboxylic acids is 1. The fourth-order valence-electron chi connectivity index (χ4n) is 2.63. The number of carbonyl (C=O) groups is 1. The van der Waals surface area contributed by atoms with Crippen LogP contribution >= 0.6 is 0 Å². The third-order valence-electron chi connectivity index (χ3n) is 3.61. The summed E-state index contributed by atoms with van der Waals surface area (Å²) in [5, 5.41) is 2.68. The zero-order valence-electron chi connectivity index (χ0n) is 13.0. The van der Waals surface area contributed by atoms with Gasteiger partial charge in [0, 0.05) is 19.5 Å². The summed E-state index contributed by atoms with van der Waals surface area (Å²) in [6.07, 6.45) is 0. The Labute approximate surface area is 133 Å². The van der Waals surface area contributed by atoms with Crippen molar-refractivity contribution in [2.75, 3.05) is 5.32 Å². The van der Waals surface area contributed by atoms with Crippen LogP contribution in [0.4, 0.5) is 5.69 Å². The van der Waals surface area contributed by atoms with Crippen LogP contribution in [0.25, 0.3) is 16.9 Å². The number of rotatable bonds is 3. The van der Waals surface area contributed by atoms with Crippen LogP contribution in [0.5, 0.6) is 0 Å². The van der Waals surface area contributed by atoms with Crippen molar-refractivity contribution >= 4 is 11.6 Å². The lowest BCUT2D eigenvalue weighted by Crippen LogP contribution is -2.20. The molecule has 0 spiro atoms. The number of aromatic nitrogens is 2. The van der Waals surface area contributed by atoms with E-state index < -0.39 is 0 Å². The summed E-state index contributed by atoms with van der Waals surface area (Å²) in [5.41, 5.74) is 2.41. The van der Waals surface area contributed by atoms with Crippen LogP contribution in [-0.2, 0) is 11.8 Å². The first-order valence-corrected chi connectivity index (χ1v) is 7.30. The van der Waals surface area contributed by atoms with Crippen molar-refractivity contribution in [1.82, 2.24) is 9.36 Å². The number of nitrogens with one attached hydrogen (secondary N) is 1. The minimum absolute atomic E-state index is 0.247. The number of hydrogen-bond donors (Lipinski definition) is 1. The molecule has 0 bridgehead atoms. The van der Waals surface area contributed by atoms with Crippen LogP contribution < -0.4 is 10.9 Å². The first kappa shape index (κ1) is 14.8. The molecule has 5 nitrogen and oxygen atoms in total. The minimum atomic E-state index is -0.273. The number of benzene rings is 2. The standard InChI is InChI=1S/C18H17N3O2/c1-13(22)19-16-17(14-9-5-3-6-10-14)21(20(2)18(16)23)15-11-7-4-8-12-15/h3-12H,1-2H3,(H,19,22). The third-order valence-corrected chi connectivity index (χ3v) is 3.61. The highest BCUT2D eigenvalue weighted by Gasteiger charge is 2.21. The Balaban J connectivity index is 2.35. The van der Waals surface area contributed by atoms with Crippen molar-refractivity contribution in [2.24, 2.45) is 7.05 Å². The Morgan fingerprint density at radius 1 is 0.957 bits per heavy atom. The highest BCUT2D eigenvalue weighted by Crippen LogP contribution is 2.28. The van der Waals surface area contributed by atoms with Crippen LogP contribution in [-0.4, -0.2) is 15.3 Å². The van der Waals surface area contributed by atoms with E-state index >= 15 is 0 Å². The van der Waals surface area contributed by atoms with Gasteiger partial charge in [-0.25, -0.2) is 9.36 Å². The fraction of sp³-hybridized carbons (Fsp3) is 0.111. The highest BCUT2D eigenvalue weighted by molar-refractivity contribution is 5.93. The Morgan fingerprint density at radius 2 is 1.52 bits per heavy atom. The zero-order chi connectivity index (χ0) is 16.4. The van der Waals surface area contributed by atoms with Gasteiger partial charge < -0.3 is 5.32 Å². The van der Waals surface area contributed by atoms with Crippen LogP contribution in [0.15, 0.2) is 65.5 Å². The maximum absolute atomic E-state index is 12.6. The first-order valence-electron chi connectivity index (χ1n) is 7.30. The predicted octanol–water partition coefficient (Wildman–Crippen LogP) is 2.80. The topological polar surface area (TPSA) is 56.0 Å². The maximum atomic E-state index is 12.6. The van der Waals surface area contributed by atoms with E-state index in [0.29, 0.717) is 5.69 Å². The smallest absolute Gasteiger partial charge is 0.291 e. The van der Waals surface area contributed by atoms with Crippen molar-refractivity contribution in [3.8, 4) is 16.9 Å². The molecule has 0 aliphatic carbocycles. The van der Waals surface area contributed by atoms with E-state index in [9.17, 15) is 9.59 Å². The molecular weight excluding hydrogens is 290 g/mol. The lowest BCUT2D eigenvalue weighted by atomic mass is 10.1. The lowest BCUT2D eigenvalue weighted by molar-refractivity contribution is -0.114. The van der Waals surface area contributed by atoms with Gasteiger partial charge in [0.25, 0.3) is 5.56 Å². The quantitative estimate of drug-likeness (QED) is 0.809. The molecule has 116 valence electrons. The maximum Gasteiger partial charge on any atom is 0.291 e. The summed E-state index contributed by atoms with van der Waals surface area (Å²) in [5.74, 6) is -0.273. The molecule has 1 heterocycles. The summed E-state index contributed by atoms with van der Waals surface area (Å²) in [4.78, 5) is 24.2. The van der Waals surface area contributed by atoms with E-state index in [1.807, 2.05) is 65.3 Å². The van der Waals surface area contributed by atoms with Gasteiger partial charge in [-0.2, -0.15) is 0 Å². The van der Waals surface area contributed by atoms with Crippen LogP contribution in [0.3, 0.4) is 0 Å². The molecule has 0 aliphatic heterocycles.